The third-order valence-corrected chi connectivity index (χ3v) is 4.48. The summed E-state index contributed by atoms with van der Waals surface area (Å²) in [6.45, 7) is 2.38. The number of hydrogen-bond acceptors (Lipinski definition) is 5. The SMILES string of the molecule is NC(=O)C1CCN(CCC(=O)Nc2ccc(Br)cc2)CC1.O=C(O)C(=O)O. The number of carboxylic acids is 2. The molecule has 0 aromatic heterocycles. The summed E-state index contributed by atoms with van der Waals surface area (Å²) in [6.07, 6.45) is 2.05. The van der Waals surface area contributed by atoms with Crippen LogP contribution in [0, 0.1) is 5.92 Å². The van der Waals surface area contributed by atoms with Gasteiger partial charge in [0.1, 0.15) is 0 Å². The summed E-state index contributed by atoms with van der Waals surface area (Å²) in [5, 5.41) is 17.7. The number of aliphatic carboxylic acids is 2. The minimum Gasteiger partial charge on any atom is -0.473 e. The molecule has 1 fully saturated rings. The summed E-state index contributed by atoms with van der Waals surface area (Å²) in [6, 6.07) is 7.51. The van der Waals surface area contributed by atoms with Crippen molar-refractivity contribution in [1.29, 1.82) is 0 Å². The van der Waals surface area contributed by atoms with E-state index in [0.717, 1.165) is 36.1 Å². The monoisotopic (exact) mass is 443 g/mol. The molecule has 0 aliphatic carbocycles. The number of piperidine rings is 1. The molecule has 1 saturated heterocycles. The van der Waals surface area contributed by atoms with Crippen LogP contribution >= 0.6 is 15.9 Å². The van der Waals surface area contributed by atoms with Crippen molar-refractivity contribution in [3.8, 4) is 0 Å². The number of amides is 2. The maximum atomic E-state index is 11.9. The first-order chi connectivity index (χ1) is 12.7. The lowest BCUT2D eigenvalue weighted by Gasteiger charge is -2.30. The van der Waals surface area contributed by atoms with Gasteiger partial charge in [-0.2, -0.15) is 0 Å². The van der Waals surface area contributed by atoms with Crippen molar-refractivity contribution in [2.75, 3.05) is 25.0 Å². The van der Waals surface area contributed by atoms with E-state index in [-0.39, 0.29) is 17.7 Å². The topological polar surface area (TPSA) is 150 Å². The Balaban J connectivity index is 0.000000527. The first-order valence-electron chi connectivity index (χ1n) is 8.22. The fourth-order valence-electron chi connectivity index (χ4n) is 2.46. The van der Waals surface area contributed by atoms with E-state index in [0.29, 0.717) is 13.0 Å². The number of carbonyl (C=O) groups is 4. The predicted molar refractivity (Wildman–Crippen MR) is 101 cm³/mol. The molecule has 2 amide bonds. The summed E-state index contributed by atoms with van der Waals surface area (Å²) >= 11 is 3.36. The maximum Gasteiger partial charge on any atom is 0.414 e. The zero-order valence-corrected chi connectivity index (χ0v) is 16.1. The first-order valence-corrected chi connectivity index (χ1v) is 9.01. The van der Waals surface area contributed by atoms with Crippen LogP contribution in [0.15, 0.2) is 28.7 Å². The van der Waals surface area contributed by atoms with Crippen molar-refractivity contribution >= 4 is 45.4 Å². The first kappa shape index (κ1) is 22.6. The van der Waals surface area contributed by atoms with E-state index in [9.17, 15) is 9.59 Å². The van der Waals surface area contributed by atoms with Crippen LogP contribution in [0.1, 0.15) is 19.3 Å². The highest BCUT2D eigenvalue weighted by molar-refractivity contribution is 9.10. The Morgan fingerprint density at radius 3 is 2.04 bits per heavy atom. The number of nitrogens with zero attached hydrogens (tertiary/aromatic N) is 1. The largest absolute Gasteiger partial charge is 0.473 e. The van der Waals surface area contributed by atoms with E-state index >= 15 is 0 Å². The molecule has 0 unspecified atom stereocenters. The number of primary amides is 1. The number of likely N-dealkylation sites (tertiary alicyclic amines) is 1. The van der Waals surface area contributed by atoms with Crippen molar-refractivity contribution in [1.82, 2.24) is 4.90 Å². The molecule has 0 atom stereocenters. The Morgan fingerprint density at radius 2 is 1.59 bits per heavy atom. The van der Waals surface area contributed by atoms with Crippen LogP contribution in [-0.2, 0) is 19.2 Å². The number of nitrogens with two attached hydrogens (primary N) is 1. The van der Waals surface area contributed by atoms with Gasteiger partial charge in [0.05, 0.1) is 0 Å². The second-order valence-electron chi connectivity index (χ2n) is 5.93. The number of benzene rings is 1. The van der Waals surface area contributed by atoms with Gasteiger partial charge in [0.2, 0.25) is 11.8 Å². The quantitative estimate of drug-likeness (QED) is 0.497. The Kier molecular flexibility index (Phi) is 9.45. The molecule has 10 heteroatoms. The summed E-state index contributed by atoms with van der Waals surface area (Å²) in [5.74, 6) is -3.85. The van der Waals surface area contributed by atoms with E-state index in [4.69, 9.17) is 25.5 Å². The zero-order chi connectivity index (χ0) is 20.4. The number of carbonyl (C=O) groups excluding carboxylic acids is 2. The standard InChI is InChI=1S/C15H20BrN3O2.C2H2O4/c16-12-1-3-13(4-2-12)18-14(20)7-10-19-8-5-11(6-9-19)15(17)21;3-1(4)2(5)6/h1-4,11H,5-10H2,(H2,17,21)(H,18,20);(H,3,4)(H,5,6). The number of hydrogen-bond donors (Lipinski definition) is 4. The second-order valence-corrected chi connectivity index (χ2v) is 6.85. The molecule has 148 valence electrons. The molecule has 0 radical (unpaired) electrons. The highest BCUT2D eigenvalue weighted by atomic mass is 79.9. The van der Waals surface area contributed by atoms with Gasteiger partial charge in [0.25, 0.3) is 0 Å². The third kappa shape index (κ3) is 9.15. The van der Waals surface area contributed by atoms with Crippen LogP contribution in [0.4, 0.5) is 5.69 Å². The fraction of sp³-hybridized carbons (Fsp3) is 0.412. The van der Waals surface area contributed by atoms with Gasteiger partial charge in [0.15, 0.2) is 0 Å². The molecule has 1 aliphatic heterocycles. The van der Waals surface area contributed by atoms with E-state index in [1.165, 1.54) is 0 Å². The van der Waals surface area contributed by atoms with Crippen LogP contribution in [-0.4, -0.2) is 58.5 Å². The van der Waals surface area contributed by atoms with Gasteiger partial charge >= 0.3 is 11.9 Å². The van der Waals surface area contributed by atoms with Crippen molar-refractivity contribution < 1.29 is 29.4 Å². The van der Waals surface area contributed by atoms with Crippen molar-refractivity contribution in [2.24, 2.45) is 11.7 Å². The smallest absolute Gasteiger partial charge is 0.414 e. The summed E-state index contributed by atoms with van der Waals surface area (Å²) < 4.78 is 0.984. The van der Waals surface area contributed by atoms with E-state index < -0.39 is 11.9 Å². The molecule has 1 aromatic rings. The highest BCUT2D eigenvalue weighted by Gasteiger charge is 2.23. The van der Waals surface area contributed by atoms with Gasteiger partial charge in [-0.3, -0.25) is 9.59 Å². The van der Waals surface area contributed by atoms with Crippen molar-refractivity contribution in [2.45, 2.75) is 19.3 Å². The molecule has 2 rings (SSSR count). The van der Waals surface area contributed by atoms with Crippen LogP contribution < -0.4 is 11.1 Å². The van der Waals surface area contributed by atoms with Crippen LogP contribution in [0.3, 0.4) is 0 Å². The van der Waals surface area contributed by atoms with Gasteiger partial charge < -0.3 is 26.2 Å². The molecular weight excluding hydrogens is 422 g/mol. The molecule has 1 aromatic carbocycles. The zero-order valence-electron chi connectivity index (χ0n) is 14.6. The molecule has 9 nitrogen and oxygen atoms in total. The second kappa shape index (κ2) is 11.3. The average Bonchev–Trinajstić information content (AvgIpc) is 2.62. The van der Waals surface area contributed by atoms with Crippen LogP contribution in [0.2, 0.25) is 0 Å². The number of nitrogens with one attached hydrogen (secondary N) is 1. The Hall–Kier alpha value is -2.46. The molecule has 0 saturated carbocycles. The number of anilines is 1. The number of halogens is 1. The fourth-order valence-corrected chi connectivity index (χ4v) is 2.72. The van der Waals surface area contributed by atoms with E-state index in [1.807, 2.05) is 24.3 Å². The predicted octanol–water partition coefficient (Wildman–Crippen LogP) is 1.13. The number of carboxylic acid groups (broad SMARTS) is 2. The van der Waals surface area contributed by atoms with Crippen molar-refractivity contribution in [3.05, 3.63) is 28.7 Å². The maximum absolute atomic E-state index is 11.9. The molecule has 0 bridgehead atoms. The lowest BCUT2D eigenvalue weighted by molar-refractivity contribution is -0.159. The molecular formula is C17H22BrN3O6. The van der Waals surface area contributed by atoms with E-state index in [1.54, 1.807) is 0 Å². The Bertz CT molecular complexity index is 660. The van der Waals surface area contributed by atoms with Gasteiger partial charge in [-0.15, -0.1) is 0 Å². The van der Waals surface area contributed by atoms with Crippen molar-refractivity contribution in [3.63, 3.8) is 0 Å². The number of rotatable bonds is 5. The van der Waals surface area contributed by atoms with Gasteiger partial charge in [-0.1, -0.05) is 15.9 Å². The summed E-state index contributed by atoms with van der Waals surface area (Å²) in [7, 11) is 0. The molecule has 0 spiro atoms. The summed E-state index contributed by atoms with van der Waals surface area (Å²) in [4.78, 5) is 43.4. The lowest BCUT2D eigenvalue weighted by Crippen LogP contribution is -2.39. The Morgan fingerprint density at radius 1 is 1.07 bits per heavy atom. The average molecular weight is 444 g/mol. The summed E-state index contributed by atoms with van der Waals surface area (Å²) in [5.41, 5.74) is 6.11. The lowest BCUT2D eigenvalue weighted by atomic mass is 9.96. The minimum atomic E-state index is -1.82. The molecule has 1 heterocycles. The minimum absolute atomic E-state index is 0.00200. The van der Waals surface area contributed by atoms with Crippen LogP contribution in [0.5, 0.6) is 0 Å². The highest BCUT2D eigenvalue weighted by Crippen LogP contribution is 2.17. The molecule has 27 heavy (non-hydrogen) atoms. The molecule has 5 N–H and O–H groups in total. The van der Waals surface area contributed by atoms with Crippen LogP contribution in [0.25, 0.3) is 0 Å². The van der Waals surface area contributed by atoms with E-state index in [2.05, 4.69) is 26.1 Å². The van der Waals surface area contributed by atoms with Gasteiger partial charge in [-0.25, -0.2) is 9.59 Å². The normalized spacial score (nSPS) is 14.6. The van der Waals surface area contributed by atoms with Gasteiger partial charge in [0, 0.05) is 29.0 Å². The molecule has 1 aliphatic rings. The van der Waals surface area contributed by atoms with Gasteiger partial charge in [-0.05, 0) is 50.2 Å². The Labute approximate surface area is 164 Å². The third-order valence-electron chi connectivity index (χ3n) is 3.96.